The number of halogens is 3. The van der Waals surface area contributed by atoms with Crippen molar-refractivity contribution in [1.29, 1.82) is 5.26 Å². The predicted molar refractivity (Wildman–Crippen MR) is 108 cm³/mol. The maximum Gasteiger partial charge on any atom is 0.446 e. The molecule has 0 aromatic heterocycles. The second kappa shape index (κ2) is 11.1. The highest BCUT2D eigenvalue weighted by Gasteiger charge is 2.29. The van der Waals surface area contributed by atoms with Gasteiger partial charge in [-0.05, 0) is 41.6 Å². The smallest absolute Gasteiger partial charge is 0.353 e. The summed E-state index contributed by atoms with van der Waals surface area (Å²) < 4.78 is 37.2. The second-order valence-electron chi connectivity index (χ2n) is 6.11. The number of thioether (sulfide) groups is 1. The van der Waals surface area contributed by atoms with Crippen molar-refractivity contribution in [1.82, 2.24) is 10.6 Å². The molecule has 2 rings (SSSR count). The molecule has 2 aromatic carbocycles. The van der Waals surface area contributed by atoms with E-state index in [2.05, 4.69) is 16.0 Å². The van der Waals surface area contributed by atoms with E-state index in [0.29, 0.717) is 0 Å². The summed E-state index contributed by atoms with van der Waals surface area (Å²) in [7, 11) is 0. The van der Waals surface area contributed by atoms with Gasteiger partial charge in [0.2, 0.25) is 5.91 Å². The number of urea groups is 1. The van der Waals surface area contributed by atoms with Gasteiger partial charge in [0.25, 0.3) is 0 Å². The van der Waals surface area contributed by atoms with Crippen molar-refractivity contribution in [3.63, 3.8) is 0 Å². The zero-order chi connectivity index (χ0) is 22.0. The van der Waals surface area contributed by atoms with Crippen molar-refractivity contribution in [2.75, 3.05) is 11.9 Å². The number of hydrogen-bond acceptors (Lipinski definition) is 4. The molecular formula is C20H19F3N4O2S. The summed E-state index contributed by atoms with van der Waals surface area (Å²) in [5.74, 6) is -0.443. The van der Waals surface area contributed by atoms with Gasteiger partial charge in [0.15, 0.2) is 0 Å². The molecule has 158 valence electrons. The topological polar surface area (TPSA) is 94.0 Å². The molecule has 0 saturated heterocycles. The number of carbonyl (C=O) groups excluding carboxylic acids is 2. The molecule has 10 heteroatoms. The normalized spacial score (nSPS) is 11.8. The molecule has 2 aromatic rings. The maximum atomic E-state index is 12.4. The van der Waals surface area contributed by atoms with Crippen molar-refractivity contribution >= 4 is 29.4 Å². The van der Waals surface area contributed by atoms with Crippen LogP contribution in [0.3, 0.4) is 0 Å². The third-order valence-corrected chi connectivity index (χ3v) is 4.53. The van der Waals surface area contributed by atoms with E-state index in [-0.39, 0.29) is 41.7 Å². The van der Waals surface area contributed by atoms with Gasteiger partial charge in [-0.1, -0.05) is 30.3 Å². The van der Waals surface area contributed by atoms with Crippen molar-refractivity contribution in [2.45, 2.75) is 29.3 Å². The molecule has 0 aliphatic carbocycles. The van der Waals surface area contributed by atoms with Crippen LogP contribution in [-0.4, -0.2) is 30.0 Å². The lowest BCUT2D eigenvalue weighted by atomic mass is 10.1. The molecule has 0 aliphatic rings. The van der Waals surface area contributed by atoms with E-state index in [1.165, 1.54) is 24.3 Å². The van der Waals surface area contributed by atoms with Gasteiger partial charge in [-0.15, -0.1) is 0 Å². The monoisotopic (exact) mass is 436 g/mol. The summed E-state index contributed by atoms with van der Waals surface area (Å²) >= 11 is -0.251. The standard InChI is InChI=1S/C20H19F3N4O2S/c21-20(22,23)30-16-9-7-15(8-10-16)26-19(29)27-17(18(28)25-12-4-11-24)13-14-5-2-1-3-6-14/h1-3,5-10,17H,4,12-13H2,(H,25,28)(H2,26,27,29). The Morgan fingerprint density at radius 3 is 2.33 bits per heavy atom. The average molecular weight is 436 g/mol. The molecule has 0 fully saturated rings. The Morgan fingerprint density at radius 2 is 1.73 bits per heavy atom. The Labute approximate surface area is 175 Å². The second-order valence-corrected chi connectivity index (χ2v) is 7.25. The van der Waals surface area contributed by atoms with Gasteiger partial charge >= 0.3 is 11.5 Å². The van der Waals surface area contributed by atoms with Crippen molar-refractivity contribution in [3.8, 4) is 6.07 Å². The first kappa shape index (κ1) is 23.1. The van der Waals surface area contributed by atoms with Crippen LogP contribution in [0.2, 0.25) is 0 Å². The number of nitrogens with one attached hydrogen (secondary N) is 3. The van der Waals surface area contributed by atoms with Gasteiger partial charge in [0.05, 0.1) is 12.5 Å². The number of rotatable bonds is 8. The van der Waals surface area contributed by atoms with Crippen LogP contribution in [0.15, 0.2) is 59.5 Å². The predicted octanol–water partition coefficient (Wildman–Crippen LogP) is 4.06. The number of carbonyl (C=O) groups is 2. The first-order valence-electron chi connectivity index (χ1n) is 8.89. The zero-order valence-electron chi connectivity index (χ0n) is 15.7. The summed E-state index contributed by atoms with van der Waals surface area (Å²) in [6.45, 7) is 0.155. The van der Waals surface area contributed by atoms with Crippen LogP contribution in [0.25, 0.3) is 0 Å². The molecule has 30 heavy (non-hydrogen) atoms. The van der Waals surface area contributed by atoms with Gasteiger partial charge in [-0.2, -0.15) is 18.4 Å². The van der Waals surface area contributed by atoms with E-state index in [1.54, 1.807) is 12.1 Å². The Bertz CT molecular complexity index is 884. The molecule has 0 heterocycles. The molecule has 6 nitrogen and oxygen atoms in total. The average Bonchev–Trinajstić information content (AvgIpc) is 2.69. The van der Waals surface area contributed by atoms with Crippen LogP contribution in [0, 0.1) is 11.3 Å². The first-order chi connectivity index (χ1) is 14.3. The van der Waals surface area contributed by atoms with Crippen molar-refractivity contribution < 1.29 is 22.8 Å². The Kier molecular flexibility index (Phi) is 8.55. The van der Waals surface area contributed by atoms with E-state index in [9.17, 15) is 22.8 Å². The molecular weight excluding hydrogens is 417 g/mol. The molecule has 0 aliphatic heterocycles. The molecule has 3 amide bonds. The highest BCUT2D eigenvalue weighted by molar-refractivity contribution is 8.00. The van der Waals surface area contributed by atoms with E-state index >= 15 is 0 Å². The van der Waals surface area contributed by atoms with Crippen LogP contribution < -0.4 is 16.0 Å². The number of hydrogen-bond donors (Lipinski definition) is 3. The maximum absolute atomic E-state index is 12.4. The highest BCUT2D eigenvalue weighted by atomic mass is 32.2. The molecule has 0 radical (unpaired) electrons. The van der Waals surface area contributed by atoms with Gasteiger partial charge < -0.3 is 16.0 Å². The van der Waals surface area contributed by atoms with Crippen LogP contribution >= 0.6 is 11.8 Å². The van der Waals surface area contributed by atoms with E-state index in [4.69, 9.17) is 5.26 Å². The van der Waals surface area contributed by atoms with Gasteiger partial charge in [-0.3, -0.25) is 4.79 Å². The van der Waals surface area contributed by atoms with Gasteiger partial charge in [0, 0.05) is 23.5 Å². The SMILES string of the molecule is N#CCCNC(=O)C(Cc1ccccc1)NC(=O)Nc1ccc(SC(F)(F)F)cc1. The lowest BCUT2D eigenvalue weighted by Crippen LogP contribution is -2.49. The molecule has 0 saturated carbocycles. The molecule has 1 atom stereocenters. The number of nitrogens with zero attached hydrogens (tertiary/aromatic N) is 1. The largest absolute Gasteiger partial charge is 0.446 e. The summed E-state index contributed by atoms with van der Waals surface area (Å²) in [5.41, 5.74) is -3.29. The van der Waals surface area contributed by atoms with Crippen molar-refractivity contribution in [3.05, 3.63) is 60.2 Å². The Morgan fingerprint density at radius 1 is 1.07 bits per heavy atom. The Balaban J connectivity index is 2.00. The van der Waals surface area contributed by atoms with Crippen LogP contribution in [0.1, 0.15) is 12.0 Å². The minimum absolute atomic E-state index is 0.00715. The number of benzene rings is 2. The fraction of sp³-hybridized carbons (Fsp3) is 0.250. The molecule has 3 N–H and O–H groups in total. The van der Waals surface area contributed by atoms with Crippen LogP contribution in [-0.2, 0) is 11.2 Å². The lowest BCUT2D eigenvalue weighted by Gasteiger charge is -2.19. The number of nitriles is 1. The van der Waals surface area contributed by atoms with E-state index in [1.807, 2.05) is 24.3 Å². The fourth-order valence-corrected chi connectivity index (χ4v) is 3.03. The van der Waals surface area contributed by atoms with E-state index < -0.39 is 23.5 Å². The lowest BCUT2D eigenvalue weighted by molar-refractivity contribution is -0.122. The van der Waals surface area contributed by atoms with Crippen LogP contribution in [0.4, 0.5) is 23.7 Å². The van der Waals surface area contributed by atoms with Gasteiger partial charge in [0.1, 0.15) is 6.04 Å². The minimum Gasteiger partial charge on any atom is -0.353 e. The minimum atomic E-state index is -4.39. The molecule has 1 unspecified atom stereocenters. The number of alkyl halides is 3. The zero-order valence-corrected chi connectivity index (χ0v) is 16.5. The molecule has 0 spiro atoms. The number of anilines is 1. The summed E-state index contributed by atoms with van der Waals surface area (Å²) in [6, 6.07) is 14.6. The fourth-order valence-electron chi connectivity index (χ4n) is 2.49. The van der Waals surface area contributed by atoms with Gasteiger partial charge in [-0.25, -0.2) is 4.79 Å². The summed E-state index contributed by atoms with van der Waals surface area (Å²) in [6.07, 6.45) is 0.367. The first-order valence-corrected chi connectivity index (χ1v) is 9.70. The third kappa shape index (κ3) is 8.45. The highest BCUT2D eigenvalue weighted by Crippen LogP contribution is 2.37. The quantitative estimate of drug-likeness (QED) is 0.430. The number of amides is 3. The van der Waals surface area contributed by atoms with Crippen molar-refractivity contribution in [2.24, 2.45) is 0 Å². The Hall–Kier alpha value is -3.19. The van der Waals surface area contributed by atoms with Crippen LogP contribution in [0.5, 0.6) is 0 Å². The summed E-state index contributed by atoms with van der Waals surface area (Å²) in [5, 5.41) is 16.2. The summed E-state index contributed by atoms with van der Waals surface area (Å²) in [4.78, 5) is 24.7. The third-order valence-electron chi connectivity index (χ3n) is 3.79. The molecule has 0 bridgehead atoms. The van der Waals surface area contributed by atoms with E-state index in [0.717, 1.165) is 5.56 Å².